The van der Waals surface area contributed by atoms with E-state index in [2.05, 4.69) is 22.0 Å². The third kappa shape index (κ3) is 3.61. The lowest BCUT2D eigenvalue weighted by atomic mass is 10.2. The first kappa shape index (κ1) is 16.4. The van der Waals surface area contributed by atoms with Crippen LogP contribution in [-0.2, 0) is 4.79 Å². The largest absolute Gasteiger partial charge is 0.484 e. The van der Waals surface area contributed by atoms with Crippen molar-refractivity contribution >= 4 is 22.5 Å². The molecule has 3 aromatic rings. The fraction of sp³-hybridized carbons (Fsp3) is 0.238. The third-order valence-corrected chi connectivity index (χ3v) is 4.69. The summed E-state index contributed by atoms with van der Waals surface area (Å²) < 4.78 is 5.71. The summed E-state index contributed by atoms with van der Waals surface area (Å²) in [7, 11) is 0. The monoisotopic (exact) mass is 347 g/mol. The molecule has 2 heterocycles. The van der Waals surface area contributed by atoms with Crippen molar-refractivity contribution in [1.29, 1.82) is 0 Å². The lowest BCUT2D eigenvalue weighted by Crippen LogP contribution is -2.50. The van der Waals surface area contributed by atoms with Gasteiger partial charge in [0.1, 0.15) is 5.75 Å². The van der Waals surface area contributed by atoms with Crippen LogP contribution in [0.5, 0.6) is 5.75 Å². The number of aromatic nitrogens is 1. The van der Waals surface area contributed by atoms with Gasteiger partial charge >= 0.3 is 0 Å². The van der Waals surface area contributed by atoms with Crippen LogP contribution in [0, 0.1) is 0 Å². The highest BCUT2D eigenvalue weighted by atomic mass is 16.5. The van der Waals surface area contributed by atoms with Crippen LogP contribution in [0.15, 0.2) is 66.9 Å². The molecule has 0 spiro atoms. The third-order valence-electron chi connectivity index (χ3n) is 4.69. The maximum atomic E-state index is 12.4. The summed E-state index contributed by atoms with van der Waals surface area (Å²) in [5.41, 5.74) is 2.13. The first-order chi connectivity index (χ1) is 12.8. The van der Waals surface area contributed by atoms with E-state index >= 15 is 0 Å². The molecule has 26 heavy (non-hydrogen) atoms. The van der Waals surface area contributed by atoms with Gasteiger partial charge in [-0.2, -0.15) is 0 Å². The van der Waals surface area contributed by atoms with Gasteiger partial charge in [0.15, 0.2) is 6.61 Å². The predicted octanol–water partition coefficient (Wildman–Crippen LogP) is 2.96. The molecule has 0 unspecified atom stereocenters. The number of amides is 1. The molecule has 1 saturated heterocycles. The molecule has 1 aliphatic heterocycles. The number of fused-ring (bicyclic) bond motifs is 1. The fourth-order valence-electron chi connectivity index (χ4n) is 3.23. The zero-order chi connectivity index (χ0) is 17.8. The zero-order valence-corrected chi connectivity index (χ0v) is 14.5. The number of ether oxygens (including phenoxy) is 1. The van der Waals surface area contributed by atoms with Gasteiger partial charge in [-0.15, -0.1) is 0 Å². The number of hydrogen-bond donors (Lipinski definition) is 0. The molecule has 0 saturated carbocycles. The normalized spacial score (nSPS) is 14.5. The first-order valence-electron chi connectivity index (χ1n) is 8.85. The highest BCUT2D eigenvalue weighted by Crippen LogP contribution is 2.19. The molecule has 5 nitrogen and oxygen atoms in total. The highest BCUT2D eigenvalue weighted by Gasteiger charge is 2.21. The van der Waals surface area contributed by atoms with Crippen LogP contribution in [0.1, 0.15) is 0 Å². The quantitative estimate of drug-likeness (QED) is 0.728. The van der Waals surface area contributed by atoms with E-state index < -0.39 is 0 Å². The molecule has 1 aromatic heterocycles. The predicted molar refractivity (Wildman–Crippen MR) is 102 cm³/mol. The molecule has 4 rings (SSSR count). The van der Waals surface area contributed by atoms with Crippen molar-refractivity contribution in [3.63, 3.8) is 0 Å². The minimum absolute atomic E-state index is 0.0315. The molecular formula is C21H21N3O2. The Balaban J connectivity index is 1.31. The van der Waals surface area contributed by atoms with Gasteiger partial charge in [-0.05, 0) is 36.4 Å². The second kappa shape index (κ2) is 7.44. The number of anilines is 1. The molecule has 0 N–H and O–H groups in total. The van der Waals surface area contributed by atoms with E-state index in [4.69, 9.17) is 4.74 Å². The Morgan fingerprint density at radius 1 is 0.962 bits per heavy atom. The van der Waals surface area contributed by atoms with Crippen LogP contribution in [0.25, 0.3) is 10.9 Å². The Bertz CT molecular complexity index is 890. The van der Waals surface area contributed by atoms with Crippen LogP contribution in [0.4, 0.5) is 5.69 Å². The zero-order valence-electron chi connectivity index (χ0n) is 14.5. The fourth-order valence-corrected chi connectivity index (χ4v) is 3.23. The molecular weight excluding hydrogens is 326 g/mol. The van der Waals surface area contributed by atoms with E-state index in [-0.39, 0.29) is 12.5 Å². The molecule has 1 amide bonds. The Labute approximate surface area is 152 Å². The average molecular weight is 347 g/mol. The molecule has 0 bridgehead atoms. The minimum atomic E-state index is 0.0315. The van der Waals surface area contributed by atoms with Gasteiger partial charge in [-0.25, -0.2) is 0 Å². The van der Waals surface area contributed by atoms with Crippen LogP contribution in [0.2, 0.25) is 0 Å². The van der Waals surface area contributed by atoms with E-state index in [0.717, 1.165) is 37.1 Å². The maximum absolute atomic E-state index is 12.4. The number of para-hydroxylation sites is 1. The number of nitrogens with zero attached hydrogens (tertiary/aromatic N) is 3. The van der Waals surface area contributed by atoms with Gasteiger partial charge in [0.05, 0.1) is 5.52 Å². The van der Waals surface area contributed by atoms with Crippen molar-refractivity contribution in [2.75, 3.05) is 37.7 Å². The van der Waals surface area contributed by atoms with Gasteiger partial charge in [0.25, 0.3) is 5.91 Å². The molecule has 2 aromatic carbocycles. The number of piperazine rings is 1. The van der Waals surface area contributed by atoms with E-state index in [1.807, 2.05) is 53.4 Å². The Morgan fingerprint density at radius 2 is 1.77 bits per heavy atom. The van der Waals surface area contributed by atoms with E-state index in [1.54, 1.807) is 6.20 Å². The van der Waals surface area contributed by atoms with Gasteiger partial charge in [0.2, 0.25) is 0 Å². The summed E-state index contributed by atoms with van der Waals surface area (Å²) >= 11 is 0. The van der Waals surface area contributed by atoms with Crippen molar-refractivity contribution < 1.29 is 9.53 Å². The Morgan fingerprint density at radius 3 is 2.58 bits per heavy atom. The summed E-state index contributed by atoms with van der Waals surface area (Å²) in [6.45, 7) is 3.20. The maximum Gasteiger partial charge on any atom is 0.260 e. The van der Waals surface area contributed by atoms with Gasteiger partial charge in [-0.1, -0.05) is 24.3 Å². The molecule has 0 atom stereocenters. The summed E-state index contributed by atoms with van der Waals surface area (Å²) in [6.07, 6.45) is 1.77. The smallest absolute Gasteiger partial charge is 0.260 e. The summed E-state index contributed by atoms with van der Waals surface area (Å²) in [5.74, 6) is 0.728. The van der Waals surface area contributed by atoms with Crippen molar-refractivity contribution in [3.8, 4) is 5.75 Å². The lowest BCUT2D eigenvalue weighted by Gasteiger charge is -2.36. The number of pyridine rings is 1. The van der Waals surface area contributed by atoms with Crippen molar-refractivity contribution in [3.05, 3.63) is 66.9 Å². The number of rotatable bonds is 4. The van der Waals surface area contributed by atoms with E-state index in [9.17, 15) is 4.79 Å². The first-order valence-corrected chi connectivity index (χ1v) is 8.85. The Hall–Kier alpha value is -3.08. The van der Waals surface area contributed by atoms with Crippen molar-refractivity contribution in [2.45, 2.75) is 0 Å². The van der Waals surface area contributed by atoms with Crippen molar-refractivity contribution in [2.24, 2.45) is 0 Å². The number of carbonyl (C=O) groups excluding carboxylic acids is 1. The Kier molecular flexibility index (Phi) is 4.69. The number of benzene rings is 2. The molecule has 0 aliphatic carbocycles. The minimum Gasteiger partial charge on any atom is -0.484 e. The number of hydrogen-bond acceptors (Lipinski definition) is 4. The summed E-state index contributed by atoms with van der Waals surface area (Å²) in [4.78, 5) is 20.9. The van der Waals surface area contributed by atoms with Crippen molar-refractivity contribution in [1.82, 2.24) is 9.88 Å². The van der Waals surface area contributed by atoms with Crippen LogP contribution in [0.3, 0.4) is 0 Å². The second-order valence-corrected chi connectivity index (χ2v) is 6.35. The van der Waals surface area contributed by atoms with E-state index in [1.165, 1.54) is 5.69 Å². The second-order valence-electron chi connectivity index (χ2n) is 6.35. The molecule has 1 fully saturated rings. The van der Waals surface area contributed by atoms with E-state index in [0.29, 0.717) is 5.75 Å². The summed E-state index contributed by atoms with van der Waals surface area (Å²) in [5, 5.41) is 1.01. The summed E-state index contributed by atoms with van der Waals surface area (Å²) in [6, 6.07) is 19.9. The molecule has 132 valence electrons. The standard InChI is InChI=1S/C21H21N3O2/c25-21(16-26-19-8-9-20-17(15-19)5-4-10-22-20)24-13-11-23(12-14-24)18-6-2-1-3-7-18/h1-10,15H,11-14,16H2. The topological polar surface area (TPSA) is 45.7 Å². The van der Waals surface area contributed by atoms with Crippen LogP contribution < -0.4 is 9.64 Å². The SMILES string of the molecule is O=C(COc1ccc2ncccc2c1)N1CCN(c2ccccc2)CC1. The van der Waals surface area contributed by atoms with Gasteiger partial charge in [-0.3, -0.25) is 9.78 Å². The number of carbonyl (C=O) groups is 1. The molecule has 5 heteroatoms. The highest BCUT2D eigenvalue weighted by molar-refractivity contribution is 5.80. The van der Waals surface area contributed by atoms with Crippen LogP contribution >= 0.6 is 0 Å². The van der Waals surface area contributed by atoms with Gasteiger partial charge < -0.3 is 14.5 Å². The molecule has 1 aliphatic rings. The lowest BCUT2D eigenvalue weighted by molar-refractivity contribution is -0.133. The average Bonchev–Trinajstić information content (AvgIpc) is 2.72. The van der Waals surface area contributed by atoms with Gasteiger partial charge in [0, 0.05) is 43.4 Å². The van der Waals surface area contributed by atoms with Crippen LogP contribution in [-0.4, -0.2) is 48.6 Å². The molecule has 0 radical (unpaired) electrons.